The van der Waals surface area contributed by atoms with Crippen molar-refractivity contribution in [2.45, 2.75) is 18.9 Å². The largest absolute Gasteiger partial charge is 0.496 e. The number of carbonyl (C=O) groups is 1. The van der Waals surface area contributed by atoms with Gasteiger partial charge in [0.15, 0.2) is 0 Å². The maximum Gasteiger partial charge on any atom is 0.296 e. The number of anilines is 1. The van der Waals surface area contributed by atoms with Gasteiger partial charge in [-0.25, -0.2) is 0 Å². The second-order valence-corrected chi connectivity index (χ2v) is 4.34. The zero-order chi connectivity index (χ0) is 13.8. The molecule has 0 aromatic heterocycles. The molecule has 2 rings (SSSR count). The van der Waals surface area contributed by atoms with Crippen LogP contribution in [0.1, 0.15) is 12.8 Å². The van der Waals surface area contributed by atoms with E-state index in [2.05, 4.69) is 10.6 Å². The Balaban J connectivity index is 2.01. The molecular formula is C12H15N3O4. The maximum absolute atomic E-state index is 11.5. The molecule has 0 spiro atoms. The van der Waals surface area contributed by atoms with Crippen LogP contribution in [-0.4, -0.2) is 30.5 Å². The van der Waals surface area contributed by atoms with E-state index < -0.39 is 4.92 Å². The lowest BCUT2D eigenvalue weighted by Crippen LogP contribution is -2.31. The molecule has 0 unspecified atom stereocenters. The minimum Gasteiger partial charge on any atom is -0.496 e. The number of hydrogen-bond acceptors (Lipinski definition) is 5. The third kappa shape index (κ3) is 3.57. The quantitative estimate of drug-likeness (QED) is 0.597. The third-order valence-corrected chi connectivity index (χ3v) is 2.78. The standard InChI is InChI=1S/C12H15N3O4/c1-19-9-4-5-10(11(6-9)15(17)18)13-7-12(16)14-8-2-3-8/h4-6,8,13H,2-3,7H2,1H3,(H,14,16). The molecule has 0 atom stereocenters. The highest BCUT2D eigenvalue weighted by Crippen LogP contribution is 2.28. The fourth-order valence-corrected chi connectivity index (χ4v) is 1.62. The highest BCUT2D eigenvalue weighted by atomic mass is 16.6. The van der Waals surface area contributed by atoms with Gasteiger partial charge in [0, 0.05) is 6.04 Å². The lowest BCUT2D eigenvalue weighted by molar-refractivity contribution is -0.384. The molecule has 7 heteroatoms. The average Bonchev–Trinajstić information content (AvgIpc) is 3.20. The summed E-state index contributed by atoms with van der Waals surface area (Å²) in [5, 5.41) is 16.5. The van der Waals surface area contributed by atoms with Crippen LogP contribution >= 0.6 is 0 Å². The van der Waals surface area contributed by atoms with E-state index in [-0.39, 0.29) is 24.2 Å². The number of nitrogens with zero attached hydrogens (tertiary/aromatic N) is 1. The van der Waals surface area contributed by atoms with E-state index >= 15 is 0 Å². The van der Waals surface area contributed by atoms with Crippen molar-refractivity contribution in [3.63, 3.8) is 0 Å². The van der Waals surface area contributed by atoms with Crippen LogP contribution in [0.15, 0.2) is 18.2 Å². The van der Waals surface area contributed by atoms with Gasteiger partial charge in [-0.05, 0) is 25.0 Å². The number of ether oxygens (including phenoxy) is 1. The number of nitro benzene ring substituents is 1. The van der Waals surface area contributed by atoms with Gasteiger partial charge in [0.25, 0.3) is 5.69 Å². The molecule has 0 radical (unpaired) electrons. The van der Waals surface area contributed by atoms with Gasteiger partial charge in [0.1, 0.15) is 11.4 Å². The highest BCUT2D eigenvalue weighted by Gasteiger charge is 2.23. The molecule has 0 heterocycles. The van der Waals surface area contributed by atoms with Crippen molar-refractivity contribution in [2.24, 2.45) is 0 Å². The second kappa shape index (κ2) is 5.55. The molecule has 102 valence electrons. The van der Waals surface area contributed by atoms with Crippen molar-refractivity contribution in [1.29, 1.82) is 0 Å². The minimum absolute atomic E-state index is 0.0175. The zero-order valence-electron chi connectivity index (χ0n) is 10.5. The summed E-state index contributed by atoms with van der Waals surface area (Å²) in [5.74, 6) is 0.243. The SMILES string of the molecule is COc1ccc(NCC(=O)NC2CC2)c([N+](=O)[O-])c1. The van der Waals surface area contributed by atoms with Crippen LogP contribution in [0.25, 0.3) is 0 Å². The summed E-state index contributed by atoms with van der Waals surface area (Å²) in [6.45, 7) is 0.0175. The monoisotopic (exact) mass is 265 g/mol. The maximum atomic E-state index is 11.5. The first-order chi connectivity index (χ1) is 9.10. The molecule has 2 N–H and O–H groups in total. The van der Waals surface area contributed by atoms with Gasteiger partial charge in [-0.3, -0.25) is 14.9 Å². The summed E-state index contributed by atoms with van der Waals surface area (Å²) in [6, 6.07) is 4.73. The summed E-state index contributed by atoms with van der Waals surface area (Å²) >= 11 is 0. The van der Waals surface area contributed by atoms with Gasteiger partial charge in [-0.2, -0.15) is 0 Å². The summed E-state index contributed by atoms with van der Waals surface area (Å²) in [4.78, 5) is 21.9. The van der Waals surface area contributed by atoms with Gasteiger partial charge < -0.3 is 15.4 Å². The Hall–Kier alpha value is -2.31. The Morgan fingerprint density at radius 3 is 2.84 bits per heavy atom. The molecule has 1 aromatic rings. The summed E-state index contributed by atoms with van der Waals surface area (Å²) < 4.78 is 4.93. The molecule has 1 aliphatic carbocycles. The first kappa shape index (κ1) is 13.1. The van der Waals surface area contributed by atoms with Crippen molar-refractivity contribution < 1.29 is 14.5 Å². The van der Waals surface area contributed by atoms with Gasteiger partial charge in [-0.1, -0.05) is 0 Å². The highest BCUT2D eigenvalue weighted by molar-refractivity contribution is 5.82. The summed E-state index contributed by atoms with van der Waals surface area (Å²) in [6.07, 6.45) is 2.02. The molecule has 1 saturated carbocycles. The number of nitro groups is 1. The second-order valence-electron chi connectivity index (χ2n) is 4.34. The number of rotatable bonds is 6. The molecule has 1 fully saturated rings. The third-order valence-electron chi connectivity index (χ3n) is 2.78. The fraction of sp³-hybridized carbons (Fsp3) is 0.417. The van der Waals surface area contributed by atoms with E-state index in [4.69, 9.17) is 4.74 Å². The first-order valence-electron chi connectivity index (χ1n) is 5.96. The van der Waals surface area contributed by atoms with Crippen LogP contribution in [0.4, 0.5) is 11.4 Å². The predicted molar refractivity (Wildman–Crippen MR) is 69.3 cm³/mol. The summed E-state index contributed by atoms with van der Waals surface area (Å²) in [5.41, 5.74) is 0.190. The summed E-state index contributed by atoms with van der Waals surface area (Å²) in [7, 11) is 1.44. The molecule has 0 bridgehead atoms. The average molecular weight is 265 g/mol. The molecule has 7 nitrogen and oxygen atoms in total. The number of carbonyl (C=O) groups excluding carboxylic acids is 1. The van der Waals surface area contributed by atoms with Crippen molar-refractivity contribution in [1.82, 2.24) is 5.32 Å². The number of nitrogens with one attached hydrogen (secondary N) is 2. The number of amides is 1. The molecule has 19 heavy (non-hydrogen) atoms. The van der Waals surface area contributed by atoms with E-state index in [0.717, 1.165) is 12.8 Å². The Labute approximate surface area is 110 Å². The van der Waals surface area contributed by atoms with Gasteiger partial charge >= 0.3 is 0 Å². The van der Waals surface area contributed by atoms with Crippen LogP contribution < -0.4 is 15.4 Å². The normalized spacial score (nSPS) is 13.7. The van der Waals surface area contributed by atoms with Crippen molar-refractivity contribution in [2.75, 3.05) is 19.0 Å². The van der Waals surface area contributed by atoms with Crippen LogP contribution in [0.3, 0.4) is 0 Å². The van der Waals surface area contributed by atoms with Crippen LogP contribution in [0.5, 0.6) is 5.75 Å². The van der Waals surface area contributed by atoms with Crippen molar-refractivity contribution in [3.8, 4) is 5.75 Å². The first-order valence-corrected chi connectivity index (χ1v) is 5.96. The Morgan fingerprint density at radius 2 is 2.26 bits per heavy atom. The topological polar surface area (TPSA) is 93.5 Å². The van der Waals surface area contributed by atoms with E-state index in [1.165, 1.54) is 19.2 Å². The number of methoxy groups -OCH3 is 1. The minimum atomic E-state index is -0.510. The number of benzene rings is 1. The van der Waals surface area contributed by atoms with E-state index in [0.29, 0.717) is 11.4 Å². The molecule has 1 aliphatic rings. The molecule has 0 aliphatic heterocycles. The van der Waals surface area contributed by atoms with Crippen LogP contribution in [0.2, 0.25) is 0 Å². The molecule has 0 saturated heterocycles. The Morgan fingerprint density at radius 1 is 1.53 bits per heavy atom. The smallest absolute Gasteiger partial charge is 0.296 e. The fourth-order valence-electron chi connectivity index (χ4n) is 1.62. The van der Waals surface area contributed by atoms with Gasteiger partial charge in [0.05, 0.1) is 24.6 Å². The van der Waals surface area contributed by atoms with E-state index in [9.17, 15) is 14.9 Å². The van der Waals surface area contributed by atoms with Crippen LogP contribution in [-0.2, 0) is 4.79 Å². The number of hydrogen-bond donors (Lipinski definition) is 2. The molecule has 1 aromatic carbocycles. The lowest BCUT2D eigenvalue weighted by atomic mass is 10.2. The van der Waals surface area contributed by atoms with Crippen molar-refractivity contribution >= 4 is 17.3 Å². The van der Waals surface area contributed by atoms with Crippen LogP contribution in [0, 0.1) is 10.1 Å². The Kier molecular flexibility index (Phi) is 3.84. The Bertz CT molecular complexity index is 500. The van der Waals surface area contributed by atoms with E-state index in [1.807, 2.05) is 0 Å². The van der Waals surface area contributed by atoms with Gasteiger partial charge in [-0.15, -0.1) is 0 Å². The molecular weight excluding hydrogens is 250 g/mol. The van der Waals surface area contributed by atoms with E-state index in [1.54, 1.807) is 6.07 Å². The van der Waals surface area contributed by atoms with Gasteiger partial charge in [0.2, 0.25) is 5.91 Å². The lowest BCUT2D eigenvalue weighted by Gasteiger charge is -2.08. The zero-order valence-corrected chi connectivity index (χ0v) is 10.5. The van der Waals surface area contributed by atoms with Crippen molar-refractivity contribution in [3.05, 3.63) is 28.3 Å². The molecule has 1 amide bonds. The predicted octanol–water partition coefficient (Wildman–Crippen LogP) is 1.29.